The van der Waals surface area contributed by atoms with E-state index in [0.29, 0.717) is 11.5 Å². The molecule has 0 unspecified atom stereocenters. The first-order valence-corrected chi connectivity index (χ1v) is 9.96. The summed E-state index contributed by atoms with van der Waals surface area (Å²) in [4.78, 5) is 35.5. The summed E-state index contributed by atoms with van der Waals surface area (Å²) in [6.07, 6.45) is 0. The maximum absolute atomic E-state index is 12.6. The number of carbonyl (C=O) groups is 1. The Kier molecular flexibility index (Phi) is 5.43. The average molecular weight is 403 g/mol. The summed E-state index contributed by atoms with van der Waals surface area (Å²) in [5.41, 5.74) is 1.75. The maximum Gasteiger partial charge on any atom is 0.269 e. The van der Waals surface area contributed by atoms with Crippen molar-refractivity contribution in [2.75, 3.05) is 17.7 Å². The highest BCUT2D eigenvalue weighted by molar-refractivity contribution is 8.00. The van der Waals surface area contributed by atoms with Crippen molar-refractivity contribution in [1.82, 2.24) is 9.97 Å². The Balaban J connectivity index is 1.77. The number of aromatic nitrogens is 2. The quantitative estimate of drug-likeness (QED) is 0.274. The largest absolute Gasteiger partial charge is 0.315 e. The third-order valence-corrected chi connectivity index (χ3v) is 6.32. The van der Waals surface area contributed by atoms with E-state index in [1.54, 1.807) is 30.5 Å². The number of anilines is 1. The standard InChI is InChI=1S/C18H18N4O3S2/c1-10-11(2)27-18-16(10)17(19-12(3)20-18)26-9-15(23)21(4)13-5-7-14(8-6-13)22(24)25/h5-8H,9H2,1-4H3. The first-order valence-electron chi connectivity index (χ1n) is 8.16. The molecule has 2 heterocycles. The average Bonchev–Trinajstić information content (AvgIpc) is 2.92. The molecule has 27 heavy (non-hydrogen) atoms. The molecule has 0 aliphatic heterocycles. The van der Waals surface area contributed by atoms with Gasteiger partial charge in [0.05, 0.1) is 10.7 Å². The highest BCUT2D eigenvalue weighted by atomic mass is 32.2. The van der Waals surface area contributed by atoms with Crippen molar-refractivity contribution in [3.63, 3.8) is 0 Å². The summed E-state index contributed by atoms with van der Waals surface area (Å²) < 4.78 is 0. The molecule has 140 valence electrons. The van der Waals surface area contributed by atoms with Crippen LogP contribution in [0, 0.1) is 30.9 Å². The molecule has 2 aromatic heterocycles. The number of aryl methyl sites for hydroxylation is 3. The summed E-state index contributed by atoms with van der Waals surface area (Å²) in [5.74, 6) is 0.790. The number of nitro groups is 1. The SMILES string of the molecule is Cc1nc(SCC(=O)N(C)c2ccc([N+](=O)[O-])cc2)c2c(C)c(C)sc2n1. The fourth-order valence-corrected chi connectivity index (χ4v) is 4.77. The van der Waals surface area contributed by atoms with Gasteiger partial charge in [-0.2, -0.15) is 0 Å². The lowest BCUT2D eigenvalue weighted by molar-refractivity contribution is -0.384. The van der Waals surface area contributed by atoms with Crippen LogP contribution in [0.1, 0.15) is 16.3 Å². The maximum atomic E-state index is 12.6. The van der Waals surface area contributed by atoms with E-state index in [1.165, 1.54) is 33.7 Å². The second-order valence-electron chi connectivity index (χ2n) is 6.05. The summed E-state index contributed by atoms with van der Waals surface area (Å²) in [6.45, 7) is 5.94. The van der Waals surface area contributed by atoms with Crippen LogP contribution in [0.5, 0.6) is 0 Å². The minimum absolute atomic E-state index is 0.00358. The minimum atomic E-state index is -0.463. The number of carbonyl (C=O) groups excluding carboxylic acids is 1. The molecule has 0 spiro atoms. The molecule has 0 fully saturated rings. The van der Waals surface area contributed by atoms with Crippen molar-refractivity contribution in [1.29, 1.82) is 0 Å². The van der Waals surface area contributed by atoms with Crippen LogP contribution in [0.2, 0.25) is 0 Å². The minimum Gasteiger partial charge on any atom is -0.315 e. The van der Waals surface area contributed by atoms with Crippen LogP contribution in [0.3, 0.4) is 0 Å². The number of amides is 1. The molecule has 3 aromatic rings. The van der Waals surface area contributed by atoms with E-state index < -0.39 is 4.92 Å². The van der Waals surface area contributed by atoms with E-state index in [1.807, 2.05) is 13.8 Å². The Morgan fingerprint density at radius 3 is 2.52 bits per heavy atom. The molecular formula is C18H18N4O3S2. The first kappa shape index (κ1) is 19.2. The van der Waals surface area contributed by atoms with Crippen LogP contribution < -0.4 is 4.90 Å². The van der Waals surface area contributed by atoms with E-state index in [2.05, 4.69) is 16.9 Å². The zero-order chi connectivity index (χ0) is 19.7. The van der Waals surface area contributed by atoms with Crippen LogP contribution in [0.25, 0.3) is 10.2 Å². The third-order valence-electron chi connectivity index (χ3n) is 4.26. The molecule has 0 aliphatic rings. The van der Waals surface area contributed by atoms with Gasteiger partial charge in [0.1, 0.15) is 15.7 Å². The van der Waals surface area contributed by atoms with E-state index in [0.717, 1.165) is 20.8 Å². The normalized spacial score (nSPS) is 11.0. The predicted octanol–water partition coefficient (Wildman–Crippen LogP) is 4.28. The molecule has 9 heteroatoms. The number of non-ortho nitro benzene ring substituents is 1. The van der Waals surface area contributed by atoms with Gasteiger partial charge < -0.3 is 4.90 Å². The van der Waals surface area contributed by atoms with Gasteiger partial charge in [-0.1, -0.05) is 11.8 Å². The van der Waals surface area contributed by atoms with Crippen molar-refractivity contribution >= 4 is 50.6 Å². The molecule has 0 saturated heterocycles. The number of rotatable bonds is 5. The number of hydrogen-bond donors (Lipinski definition) is 0. The summed E-state index contributed by atoms with van der Waals surface area (Å²) in [6, 6.07) is 5.92. The Hall–Kier alpha value is -2.52. The van der Waals surface area contributed by atoms with E-state index in [9.17, 15) is 14.9 Å². The van der Waals surface area contributed by atoms with Gasteiger partial charge >= 0.3 is 0 Å². The van der Waals surface area contributed by atoms with Gasteiger partial charge in [0.2, 0.25) is 5.91 Å². The molecule has 1 amide bonds. The second-order valence-corrected chi connectivity index (χ2v) is 8.22. The van der Waals surface area contributed by atoms with Crippen LogP contribution in [-0.2, 0) is 4.79 Å². The van der Waals surface area contributed by atoms with Crippen molar-refractivity contribution in [2.45, 2.75) is 25.8 Å². The molecule has 0 atom stereocenters. The second kappa shape index (κ2) is 7.61. The third kappa shape index (κ3) is 3.93. The van der Waals surface area contributed by atoms with Gasteiger partial charge in [-0.25, -0.2) is 9.97 Å². The number of fused-ring (bicyclic) bond motifs is 1. The predicted molar refractivity (Wildman–Crippen MR) is 109 cm³/mol. The van der Waals surface area contributed by atoms with Crippen molar-refractivity contribution in [3.8, 4) is 0 Å². The van der Waals surface area contributed by atoms with Gasteiger partial charge in [0.15, 0.2) is 0 Å². The zero-order valence-electron chi connectivity index (χ0n) is 15.3. The van der Waals surface area contributed by atoms with Crippen LogP contribution in [-0.4, -0.2) is 33.6 Å². The number of benzene rings is 1. The smallest absolute Gasteiger partial charge is 0.269 e. The van der Waals surface area contributed by atoms with Gasteiger partial charge in [0.25, 0.3) is 5.69 Å². The van der Waals surface area contributed by atoms with Gasteiger partial charge in [-0.05, 0) is 38.5 Å². The highest BCUT2D eigenvalue weighted by Gasteiger charge is 2.17. The molecule has 3 rings (SSSR count). The van der Waals surface area contributed by atoms with Gasteiger partial charge in [0, 0.05) is 35.1 Å². The van der Waals surface area contributed by atoms with Crippen molar-refractivity contribution in [3.05, 3.63) is 50.6 Å². The molecule has 1 aromatic carbocycles. The molecule has 0 N–H and O–H groups in total. The lowest BCUT2D eigenvalue weighted by Crippen LogP contribution is -2.27. The number of thiophene rings is 1. The van der Waals surface area contributed by atoms with Crippen molar-refractivity contribution < 1.29 is 9.72 Å². The molecule has 0 saturated carbocycles. The lowest BCUT2D eigenvalue weighted by Gasteiger charge is -2.17. The fraction of sp³-hybridized carbons (Fsp3) is 0.278. The molecule has 0 aliphatic carbocycles. The number of thioether (sulfide) groups is 1. The lowest BCUT2D eigenvalue weighted by atomic mass is 10.2. The van der Waals surface area contributed by atoms with Crippen molar-refractivity contribution in [2.24, 2.45) is 0 Å². The molecular weight excluding hydrogens is 384 g/mol. The van der Waals surface area contributed by atoms with E-state index in [-0.39, 0.29) is 17.3 Å². The molecule has 0 radical (unpaired) electrons. The summed E-state index contributed by atoms with van der Waals surface area (Å²) in [7, 11) is 1.66. The number of nitro benzene ring substituents is 1. The number of nitrogens with zero attached hydrogens (tertiary/aromatic N) is 4. The summed E-state index contributed by atoms with van der Waals surface area (Å²) in [5, 5.41) is 12.6. The first-order chi connectivity index (χ1) is 12.8. The van der Waals surface area contributed by atoms with Gasteiger partial charge in [-0.15, -0.1) is 11.3 Å². The van der Waals surface area contributed by atoms with Crippen LogP contribution in [0.4, 0.5) is 11.4 Å². The van der Waals surface area contributed by atoms with Crippen LogP contribution in [0.15, 0.2) is 29.3 Å². The van der Waals surface area contributed by atoms with Gasteiger partial charge in [-0.3, -0.25) is 14.9 Å². The van der Waals surface area contributed by atoms with E-state index in [4.69, 9.17) is 0 Å². The summed E-state index contributed by atoms with van der Waals surface area (Å²) >= 11 is 3.02. The molecule has 0 bridgehead atoms. The number of hydrogen-bond acceptors (Lipinski definition) is 7. The van der Waals surface area contributed by atoms with Crippen LogP contribution >= 0.6 is 23.1 Å². The Bertz CT molecular complexity index is 1030. The monoisotopic (exact) mass is 402 g/mol. The Morgan fingerprint density at radius 1 is 1.22 bits per heavy atom. The topological polar surface area (TPSA) is 89.2 Å². The fourth-order valence-electron chi connectivity index (χ4n) is 2.59. The highest BCUT2D eigenvalue weighted by Crippen LogP contribution is 2.35. The molecule has 7 nitrogen and oxygen atoms in total. The van der Waals surface area contributed by atoms with E-state index >= 15 is 0 Å². The zero-order valence-corrected chi connectivity index (χ0v) is 17.0. The Morgan fingerprint density at radius 2 is 1.89 bits per heavy atom. The Labute approximate surface area is 164 Å².